The summed E-state index contributed by atoms with van der Waals surface area (Å²) in [5.74, 6) is -0.0519. The van der Waals surface area contributed by atoms with E-state index in [1.54, 1.807) is 0 Å². The van der Waals surface area contributed by atoms with E-state index in [0.717, 1.165) is 64.2 Å². The monoisotopic (exact) mass is 742 g/mol. The predicted molar refractivity (Wildman–Crippen MR) is 182 cm³/mol. The standard InChI is InChI=1S/C19H30O6.C15H22O5.C4H7ClO/c1-5-6-15(20)21-16-12(3)14-8-7-11(2)13-9-10-18(4)23-17(22-16)19(13,14)25-24-18;1-8-4-5-11-9(2)12(16)17-13-15(11)10(8)6-7-14(3,18-13)19-20-15;1-2-3-4(5)6/h11-14,16-17H,5-10H2,1-4H3;8-11,13H,4-7H2,1-3H3;2-3H2,1H3/t11-,12-,13?,14?,16+,17-,18+,19-;8-,9-,10?,11?,13-,14+,15-;/m11./s1. The zero-order valence-corrected chi connectivity index (χ0v) is 32.4. The molecule has 0 radical (unpaired) electrons. The van der Waals surface area contributed by atoms with Gasteiger partial charge < -0.3 is 23.7 Å². The summed E-state index contributed by atoms with van der Waals surface area (Å²) in [6.07, 6.45) is 8.56. The van der Waals surface area contributed by atoms with Crippen LogP contribution in [0.5, 0.6) is 0 Å². The van der Waals surface area contributed by atoms with Crippen LogP contribution < -0.4 is 0 Å². The van der Waals surface area contributed by atoms with Gasteiger partial charge in [-0.15, -0.1) is 0 Å². The first-order valence-corrected chi connectivity index (χ1v) is 19.8. The van der Waals surface area contributed by atoms with Crippen LogP contribution in [0.15, 0.2) is 0 Å². The average Bonchev–Trinajstić information content (AvgIpc) is 3.44. The summed E-state index contributed by atoms with van der Waals surface area (Å²) in [6.45, 7) is 16.2. The summed E-state index contributed by atoms with van der Waals surface area (Å²) in [5, 5.41) is -0.238. The van der Waals surface area contributed by atoms with Gasteiger partial charge in [0.25, 0.3) is 0 Å². The van der Waals surface area contributed by atoms with E-state index in [9.17, 15) is 14.4 Å². The van der Waals surface area contributed by atoms with Gasteiger partial charge in [0, 0.05) is 49.4 Å². The van der Waals surface area contributed by atoms with Crippen molar-refractivity contribution in [1.82, 2.24) is 0 Å². The van der Waals surface area contributed by atoms with Crippen molar-refractivity contribution in [2.24, 2.45) is 47.3 Å². The number of fused-ring (bicyclic) bond motifs is 4. The lowest BCUT2D eigenvalue weighted by Crippen LogP contribution is -2.70. The van der Waals surface area contributed by atoms with E-state index in [4.69, 9.17) is 54.8 Å². The summed E-state index contributed by atoms with van der Waals surface area (Å²) >= 11 is 4.94. The van der Waals surface area contributed by atoms with Gasteiger partial charge in [-0.05, 0) is 94.6 Å². The molecule has 8 saturated heterocycles. The molecule has 0 aromatic rings. The average molecular weight is 743 g/mol. The molecule has 4 unspecified atom stereocenters. The predicted octanol–water partition coefficient (Wildman–Crippen LogP) is 7.48. The topological polar surface area (TPSA) is 134 Å². The first kappa shape index (κ1) is 39.3. The molecule has 12 nitrogen and oxygen atoms in total. The molecule has 4 bridgehead atoms. The Bertz CT molecular complexity index is 1300. The highest BCUT2D eigenvalue weighted by Gasteiger charge is 2.71. The van der Waals surface area contributed by atoms with Gasteiger partial charge in [0.1, 0.15) is 0 Å². The third-order valence-corrected chi connectivity index (χ3v) is 13.4. The molecule has 13 heteroatoms. The maximum Gasteiger partial charge on any atom is 0.311 e. The zero-order valence-electron chi connectivity index (χ0n) is 31.6. The fraction of sp³-hybridized carbons (Fsp3) is 0.921. The number of carbonyl (C=O) groups excluding carboxylic acids is 3. The van der Waals surface area contributed by atoms with Crippen LogP contribution in [0.2, 0.25) is 0 Å². The van der Waals surface area contributed by atoms with Crippen LogP contribution in [0, 0.1) is 47.3 Å². The molecular formula is C38H59ClO12. The maximum atomic E-state index is 12.1. The highest BCUT2D eigenvalue weighted by molar-refractivity contribution is 6.63. The number of ether oxygens (including phenoxy) is 5. The SMILES string of the molecule is CCCC(=O)Cl.CCCC(=O)O[C@H]1O[C@@H]2O[C@]3(C)CCC4[C@H](C)CCC([C@H]1C)[C@]42OO3.C[C@@H]1CCC2[C@@H](C)C(=O)O[C@@H]3O[C@]4(C)CCC1[C@@]23OO4. The van der Waals surface area contributed by atoms with Crippen molar-refractivity contribution >= 4 is 28.8 Å². The highest BCUT2D eigenvalue weighted by atomic mass is 35.5. The molecule has 51 heavy (non-hydrogen) atoms. The van der Waals surface area contributed by atoms with Crippen LogP contribution in [0.3, 0.4) is 0 Å². The number of hydrogen-bond acceptors (Lipinski definition) is 12. The first-order chi connectivity index (χ1) is 24.1. The minimum atomic E-state index is -0.796. The van der Waals surface area contributed by atoms with Gasteiger partial charge in [0.2, 0.25) is 29.4 Å². The van der Waals surface area contributed by atoms with Crippen molar-refractivity contribution in [3.63, 3.8) is 0 Å². The Hall–Kier alpha value is -1.38. The molecule has 10 rings (SSSR count). The summed E-state index contributed by atoms with van der Waals surface area (Å²) in [4.78, 5) is 57.4. The second kappa shape index (κ2) is 15.0. The second-order valence-electron chi connectivity index (χ2n) is 16.8. The first-order valence-electron chi connectivity index (χ1n) is 19.5. The molecule has 10 fully saturated rings. The fourth-order valence-corrected chi connectivity index (χ4v) is 10.5. The molecule has 0 aromatic carbocycles. The molecule has 0 N–H and O–H groups in total. The smallest absolute Gasteiger partial charge is 0.311 e. The van der Waals surface area contributed by atoms with E-state index >= 15 is 0 Å². The second-order valence-corrected chi connectivity index (χ2v) is 17.2. The van der Waals surface area contributed by atoms with Crippen molar-refractivity contribution in [3.8, 4) is 0 Å². The third kappa shape index (κ3) is 7.03. The highest BCUT2D eigenvalue weighted by Crippen LogP contribution is 2.61. The van der Waals surface area contributed by atoms with Gasteiger partial charge in [-0.2, -0.15) is 0 Å². The van der Waals surface area contributed by atoms with Crippen molar-refractivity contribution in [1.29, 1.82) is 0 Å². The Morgan fingerprint density at radius 1 is 0.725 bits per heavy atom. The number of carbonyl (C=O) groups is 3. The molecule has 10 aliphatic rings. The van der Waals surface area contributed by atoms with Gasteiger partial charge in [0.05, 0.1) is 5.92 Å². The number of halogens is 1. The molecule has 8 aliphatic heterocycles. The van der Waals surface area contributed by atoms with E-state index in [0.29, 0.717) is 36.5 Å². The molecule has 8 heterocycles. The van der Waals surface area contributed by atoms with E-state index in [-0.39, 0.29) is 40.9 Å². The zero-order chi connectivity index (χ0) is 36.9. The maximum absolute atomic E-state index is 12.1. The summed E-state index contributed by atoms with van der Waals surface area (Å²) < 4.78 is 29.7. The Labute approximate surface area is 307 Å². The molecule has 2 aliphatic carbocycles. The molecule has 0 aromatic heterocycles. The molecule has 290 valence electrons. The lowest BCUT2D eigenvalue weighted by molar-refractivity contribution is -0.576. The Balaban J connectivity index is 0.000000154. The fourth-order valence-electron chi connectivity index (χ4n) is 10.4. The quantitative estimate of drug-likeness (QED) is 0.157. The van der Waals surface area contributed by atoms with Gasteiger partial charge in [-0.25, -0.2) is 19.6 Å². The van der Waals surface area contributed by atoms with Crippen LogP contribution in [-0.4, -0.2) is 58.8 Å². The van der Waals surface area contributed by atoms with Crippen molar-refractivity contribution in [2.45, 2.75) is 174 Å². The van der Waals surface area contributed by atoms with E-state index in [1.807, 2.05) is 34.6 Å². The van der Waals surface area contributed by atoms with Gasteiger partial charge in [0.15, 0.2) is 17.5 Å². The molecular weight excluding hydrogens is 684 g/mol. The van der Waals surface area contributed by atoms with Crippen molar-refractivity contribution in [3.05, 3.63) is 0 Å². The van der Waals surface area contributed by atoms with Gasteiger partial charge >= 0.3 is 11.9 Å². The van der Waals surface area contributed by atoms with Crippen LogP contribution in [0.25, 0.3) is 0 Å². The number of hydrogen-bond donors (Lipinski definition) is 0. The van der Waals surface area contributed by atoms with E-state index in [2.05, 4.69) is 20.8 Å². The van der Waals surface area contributed by atoms with Gasteiger partial charge in [-0.1, -0.05) is 41.5 Å². The minimum Gasteiger partial charge on any atom is -0.435 e. The van der Waals surface area contributed by atoms with Gasteiger partial charge in [-0.3, -0.25) is 14.4 Å². The lowest BCUT2D eigenvalue weighted by atomic mass is 9.58. The van der Waals surface area contributed by atoms with E-state index in [1.165, 1.54) is 0 Å². The van der Waals surface area contributed by atoms with Crippen molar-refractivity contribution in [2.75, 3.05) is 0 Å². The van der Waals surface area contributed by atoms with Crippen LogP contribution in [0.1, 0.15) is 132 Å². The Morgan fingerprint density at radius 3 is 1.78 bits per heavy atom. The minimum absolute atomic E-state index is 0.0433. The molecule has 0 amide bonds. The normalized spacial score (nSPS) is 48.9. The molecule has 15 atom stereocenters. The number of rotatable bonds is 5. The van der Waals surface area contributed by atoms with E-state index < -0.39 is 41.6 Å². The van der Waals surface area contributed by atoms with Crippen molar-refractivity contribution < 1.29 is 57.6 Å². The van der Waals surface area contributed by atoms with Crippen LogP contribution in [0.4, 0.5) is 0 Å². The summed E-state index contributed by atoms with van der Waals surface area (Å²) in [6, 6.07) is 0. The molecule has 2 spiro atoms. The largest absolute Gasteiger partial charge is 0.435 e. The third-order valence-electron chi connectivity index (χ3n) is 13.2. The lowest BCUT2D eigenvalue weighted by Gasteiger charge is -2.59. The Kier molecular flexibility index (Phi) is 11.6. The summed E-state index contributed by atoms with van der Waals surface area (Å²) in [5.41, 5.74) is -1.21. The van der Waals surface area contributed by atoms with Crippen LogP contribution in [-0.2, 0) is 57.6 Å². The summed E-state index contributed by atoms with van der Waals surface area (Å²) in [7, 11) is 0. The number of esters is 2. The Morgan fingerprint density at radius 2 is 1.25 bits per heavy atom. The molecule has 2 saturated carbocycles. The van der Waals surface area contributed by atoms with Crippen LogP contribution >= 0.6 is 11.6 Å².